The van der Waals surface area contributed by atoms with Crippen LogP contribution >= 0.6 is 0 Å². The largest absolute Gasteiger partial charge is 0.453 e. The van der Waals surface area contributed by atoms with Crippen molar-refractivity contribution in [2.75, 3.05) is 6.26 Å². The van der Waals surface area contributed by atoms with Crippen LogP contribution in [0.1, 0.15) is 11.1 Å². The zero-order valence-corrected chi connectivity index (χ0v) is 20.4. The standard InChI is InChI=1S/C23H19F2N3O6S2/c1-13-3-6-15(7-4-13)36(32,33)28-10-9-16-20(28)12-19(25)21(22(16)35(2,30)31)34-14-5-8-18(24)17(11-14)23(26)27-29/h3-12,29H,1-2H3,(H2,26,27). The first-order valence-corrected chi connectivity index (χ1v) is 13.5. The molecule has 0 aliphatic rings. The first-order valence-electron chi connectivity index (χ1n) is 10.2. The van der Waals surface area contributed by atoms with Gasteiger partial charge < -0.3 is 4.74 Å². The Morgan fingerprint density at radius 3 is 2.28 bits per heavy atom. The molecule has 3 aromatic carbocycles. The van der Waals surface area contributed by atoms with E-state index < -0.39 is 53.5 Å². The molecule has 4 rings (SSSR count). The van der Waals surface area contributed by atoms with Gasteiger partial charge in [0.05, 0.1) is 16.0 Å². The topological polar surface area (TPSA) is 139 Å². The molecule has 3 N–H and O–H groups in total. The van der Waals surface area contributed by atoms with Crippen molar-refractivity contribution in [2.24, 2.45) is 0 Å². The molecule has 0 radical (unpaired) electrons. The fraction of sp³-hybridized carbons (Fsp3) is 0.0870. The van der Waals surface area contributed by atoms with Crippen molar-refractivity contribution >= 4 is 36.6 Å². The van der Waals surface area contributed by atoms with Crippen LogP contribution in [0, 0.1) is 24.0 Å². The molecule has 0 amide bonds. The molecule has 0 aliphatic carbocycles. The van der Waals surface area contributed by atoms with Gasteiger partial charge in [0.2, 0.25) is 0 Å². The monoisotopic (exact) mass is 535 g/mol. The van der Waals surface area contributed by atoms with Gasteiger partial charge in [-0.1, -0.05) is 17.7 Å². The minimum absolute atomic E-state index is 0.0778. The Kier molecular flexibility index (Phi) is 6.32. The van der Waals surface area contributed by atoms with Crippen LogP contribution in [0.3, 0.4) is 0 Å². The van der Waals surface area contributed by atoms with E-state index in [1.807, 2.05) is 0 Å². The second-order valence-corrected chi connectivity index (χ2v) is 11.6. The SMILES string of the molecule is Cc1ccc(S(=O)(=O)n2ccc3c(S(C)(=O)=O)c(Oc4ccc(F)c(C(=N)NO)c4)c(F)cc32)cc1. The van der Waals surface area contributed by atoms with Crippen molar-refractivity contribution in [1.29, 1.82) is 5.41 Å². The predicted octanol–water partition coefficient (Wildman–Crippen LogP) is 3.96. The minimum Gasteiger partial charge on any atom is -0.453 e. The van der Waals surface area contributed by atoms with E-state index >= 15 is 4.39 Å². The molecule has 1 aromatic heterocycles. The van der Waals surface area contributed by atoms with Crippen LogP contribution in [0.15, 0.2) is 70.6 Å². The van der Waals surface area contributed by atoms with Crippen molar-refractivity contribution in [2.45, 2.75) is 16.7 Å². The number of amidine groups is 1. The van der Waals surface area contributed by atoms with Gasteiger partial charge in [0.25, 0.3) is 10.0 Å². The molecule has 9 nitrogen and oxygen atoms in total. The molecular weight excluding hydrogens is 516 g/mol. The highest BCUT2D eigenvalue weighted by molar-refractivity contribution is 7.91. The van der Waals surface area contributed by atoms with Gasteiger partial charge in [0.1, 0.15) is 16.5 Å². The Morgan fingerprint density at radius 2 is 1.67 bits per heavy atom. The maximum absolute atomic E-state index is 15.3. The molecule has 0 saturated heterocycles. The lowest BCUT2D eigenvalue weighted by molar-refractivity contribution is 0.233. The molecule has 0 unspecified atom stereocenters. The summed E-state index contributed by atoms with van der Waals surface area (Å²) in [6, 6.07) is 10.9. The predicted molar refractivity (Wildman–Crippen MR) is 127 cm³/mol. The molecule has 0 atom stereocenters. The van der Waals surface area contributed by atoms with Gasteiger partial charge in [-0.25, -0.2) is 29.6 Å². The van der Waals surface area contributed by atoms with E-state index in [0.717, 1.165) is 46.3 Å². The fourth-order valence-electron chi connectivity index (χ4n) is 3.61. The fourth-order valence-corrected chi connectivity index (χ4v) is 6.00. The van der Waals surface area contributed by atoms with E-state index in [0.29, 0.717) is 0 Å². The Balaban J connectivity index is 1.92. The average Bonchev–Trinajstić information content (AvgIpc) is 3.23. The van der Waals surface area contributed by atoms with Crippen LogP contribution in [-0.2, 0) is 19.9 Å². The number of aryl methyl sites for hydroxylation is 1. The van der Waals surface area contributed by atoms with Gasteiger partial charge in [-0.05, 0) is 43.3 Å². The molecular formula is C23H19F2N3O6S2. The van der Waals surface area contributed by atoms with Gasteiger partial charge in [-0.15, -0.1) is 0 Å². The van der Waals surface area contributed by atoms with E-state index in [-0.39, 0.29) is 21.5 Å². The molecule has 0 aliphatic heterocycles. The first-order chi connectivity index (χ1) is 16.8. The zero-order valence-electron chi connectivity index (χ0n) is 18.8. The van der Waals surface area contributed by atoms with Crippen molar-refractivity contribution in [3.05, 3.63) is 83.6 Å². The number of fused-ring (bicyclic) bond motifs is 1. The number of nitrogens with zero attached hydrogens (tertiary/aromatic N) is 1. The Morgan fingerprint density at radius 1 is 1.00 bits per heavy atom. The molecule has 188 valence electrons. The lowest BCUT2D eigenvalue weighted by atomic mass is 10.2. The average molecular weight is 536 g/mol. The second-order valence-electron chi connectivity index (χ2n) is 7.88. The van der Waals surface area contributed by atoms with Gasteiger partial charge in [-0.3, -0.25) is 16.1 Å². The summed E-state index contributed by atoms with van der Waals surface area (Å²) in [5.74, 6) is -3.77. The van der Waals surface area contributed by atoms with Gasteiger partial charge in [-0.2, -0.15) is 0 Å². The molecule has 0 spiro atoms. The zero-order chi connectivity index (χ0) is 26.4. The summed E-state index contributed by atoms with van der Waals surface area (Å²) in [7, 11) is -8.38. The van der Waals surface area contributed by atoms with E-state index in [2.05, 4.69) is 0 Å². The third-order valence-electron chi connectivity index (χ3n) is 5.31. The molecule has 13 heteroatoms. The Hall–Kier alpha value is -3.81. The third-order valence-corrected chi connectivity index (χ3v) is 8.16. The lowest BCUT2D eigenvalue weighted by Gasteiger charge is -2.15. The molecule has 0 fully saturated rings. The van der Waals surface area contributed by atoms with Crippen molar-refractivity contribution < 1.29 is 35.6 Å². The highest BCUT2D eigenvalue weighted by Gasteiger charge is 2.28. The number of ether oxygens (including phenoxy) is 1. The van der Waals surface area contributed by atoms with E-state index in [1.165, 1.54) is 23.7 Å². The van der Waals surface area contributed by atoms with E-state index in [1.54, 1.807) is 19.1 Å². The summed E-state index contributed by atoms with van der Waals surface area (Å²) >= 11 is 0. The third kappa shape index (κ3) is 4.43. The molecule has 0 bridgehead atoms. The number of aromatic nitrogens is 1. The number of hydroxylamine groups is 1. The smallest absolute Gasteiger partial charge is 0.268 e. The molecule has 36 heavy (non-hydrogen) atoms. The second kappa shape index (κ2) is 9.00. The van der Waals surface area contributed by atoms with Crippen LogP contribution < -0.4 is 10.2 Å². The summed E-state index contributed by atoms with van der Waals surface area (Å²) in [4.78, 5) is -0.692. The first kappa shape index (κ1) is 25.3. The number of sulfone groups is 1. The van der Waals surface area contributed by atoms with E-state index in [4.69, 9.17) is 15.4 Å². The normalized spacial score (nSPS) is 12.0. The Labute approximate surface area is 205 Å². The number of hydrogen-bond donors (Lipinski definition) is 3. The minimum atomic E-state index is -4.19. The number of hydrogen-bond acceptors (Lipinski definition) is 7. The Bertz CT molecular complexity index is 1730. The van der Waals surface area contributed by atoms with Gasteiger partial charge >= 0.3 is 0 Å². The van der Waals surface area contributed by atoms with Crippen molar-refractivity contribution in [3.8, 4) is 11.5 Å². The van der Waals surface area contributed by atoms with Crippen LogP contribution in [0.25, 0.3) is 10.9 Å². The lowest BCUT2D eigenvalue weighted by Crippen LogP contribution is -2.20. The maximum Gasteiger partial charge on any atom is 0.268 e. The van der Waals surface area contributed by atoms with E-state index in [9.17, 15) is 21.2 Å². The summed E-state index contributed by atoms with van der Waals surface area (Å²) in [6.45, 7) is 1.78. The van der Waals surface area contributed by atoms with Crippen LogP contribution in [0.2, 0.25) is 0 Å². The van der Waals surface area contributed by atoms with Gasteiger partial charge in [0, 0.05) is 23.9 Å². The number of benzene rings is 3. The molecule has 0 saturated carbocycles. The summed E-state index contributed by atoms with van der Waals surface area (Å²) in [5, 5.41) is 16.3. The molecule has 1 heterocycles. The van der Waals surface area contributed by atoms with Crippen molar-refractivity contribution in [1.82, 2.24) is 9.45 Å². The number of rotatable bonds is 6. The van der Waals surface area contributed by atoms with Crippen molar-refractivity contribution in [3.63, 3.8) is 0 Å². The summed E-state index contributed by atoms with van der Waals surface area (Å²) in [6.07, 6.45) is 1.92. The highest BCUT2D eigenvalue weighted by Crippen LogP contribution is 2.39. The molecule has 4 aromatic rings. The van der Waals surface area contributed by atoms with Crippen LogP contribution in [-0.4, -0.2) is 38.1 Å². The van der Waals surface area contributed by atoms with Crippen LogP contribution in [0.5, 0.6) is 11.5 Å². The summed E-state index contributed by atoms with van der Waals surface area (Å²) < 4.78 is 87.4. The maximum atomic E-state index is 15.3. The number of nitrogens with one attached hydrogen (secondary N) is 2. The number of halogens is 2. The summed E-state index contributed by atoms with van der Waals surface area (Å²) in [5.41, 5.74) is 1.65. The quantitative estimate of drug-likeness (QED) is 0.193. The van der Waals surface area contributed by atoms with Gasteiger partial charge in [0.15, 0.2) is 27.2 Å². The highest BCUT2D eigenvalue weighted by atomic mass is 32.2. The van der Waals surface area contributed by atoms with Crippen LogP contribution in [0.4, 0.5) is 8.78 Å².